The number of rotatable bonds is 2. The molecule has 1 aromatic rings. The number of nitrogens with one attached hydrogen (secondary N) is 2. The lowest BCUT2D eigenvalue weighted by Crippen LogP contribution is -2.37. The smallest absolute Gasteiger partial charge is 0.208 e. The Hall–Kier alpha value is -0.680. The van der Waals surface area contributed by atoms with Crippen molar-refractivity contribution in [2.75, 3.05) is 5.32 Å². The van der Waals surface area contributed by atoms with Gasteiger partial charge in [0.1, 0.15) is 0 Å². The van der Waals surface area contributed by atoms with Crippen LogP contribution in [0, 0.1) is 0 Å². The number of hydrogen-bond acceptors (Lipinski definition) is 4. The summed E-state index contributed by atoms with van der Waals surface area (Å²) in [5, 5.41) is 6.62. The Kier molecular flexibility index (Phi) is 3.76. The Morgan fingerprint density at radius 1 is 1.56 bits per heavy atom. The molecule has 2 rings (SSSR count). The monoisotopic (exact) mass is 299 g/mol. The van der Waals surface area contributed by atoms with Crippen LogP contribution in [0.4, 0.5) is 5.69 Å². The Labute approximate surface area is 108 Å². The molecule has 1 heterocycles. The Bertz CT molecular complexity index is 420. The highest BCUT2D eigenvalue weighted by Crippen LogP contribution is 2.33. The molecule has 86 valence electrons. The highest BCUT2D eigenvalue weighted by atomic mass is 79.9. The van der Waals surface area contributed by atoms with Gasteiger partial charge in [-0.25, -0.2) is 0 Å². The van der Waals surface area contributed by atoms with Crippen LogP contribution in [0.25, 0.3) is 0 Å². The molecule has 0 amide bonds. The third-order valence-corrected chi connectivity index (χ3v) is 3.73. The molecule has 1 aliphatic rings. The van der Waals surface area contributed by atoms with E-state index in [-0.39, 0.29) is 0 Å². The molecule has 0 radical (unpaired) electrons. The van der Waals surface area contributed by atoms with E-state index in [0.717, 1.165) is 27.4 Å². The molecule has 0 aromatic heterocycles. The van der Waals surface area contributed by atoms with Crippen LogP contribution in [-0.4, -0.2) is 12.0 Å². The zero-order valence-corrected chi connectivity index (χ0v) is 11.7. The van der Waals surface area contributed by atoms with Crippen molar-refractivity contribution < 1.29 is 0 Å². The summed E-state index contributed by atoms with van der Waals surface area (Å²) in [7, 11) is 0. The van der Waals surface area contributed by atoms with Crippen molar-refractivity contribution in [2.45, 2.75) is 31.2 Å². The lowest BCUT2D eigenvalue weighted by molar-refractivity contribution is 0.641. The highest BCUT2D eigenvalue weighted by Gasteiger charge is 2.13. The lowest BCUT2D eigenvalue weighted by Gasteiger charge is -2.21. The zero-order valence-electron chi connectivity index (χ0n) is 9.25. The highest BCUT2D eigenvalue weighted by molar-refractivity contribution is 9.10. The number of anilines is 1. The van der Waals surface area contributed by atoms with Gasteiger partial charge >= 0.3 is 0 Å². The summed E-state index contributed by atoms with van der Waals surface area (Å²) in [6.45, 7) is 4.30. The molecule has 16 heavy (non-hydrogen) atoms. The van der Waals surface area contributed by atoms with Gasteiger partial charge < -0.3 is 10.6 Å². The predicted octanol–water partition coefficient (Wildman–Crippen LogP) is 3.63. The fourth-order valence-electron chi connectivity index (χ4n) is 1.32. The van der Waals surface area contributed by atoms with E-state index in [4.69, 9.17) is 0 Å². The van der Waals surface area contributed by atoms with Crippen molar-refractivity contribution in [1.82, 2.24) is 5.32 Å². The maximum Gasteiger partial charge on any atom is 0.208 e. The fourth-order valence-corrected chi connectivity index (χ4v) is 2.52. The van der Waals surface area contributed by atoms with E-state index >= 15 is 0 Å². The Morgan fingerprint density at radius 3 is 3.12 bits per heavy atom. The molecule has 3 nitrogen and oxygen atoms in total. The summed E-state index contributed by atoms with van der Waals surface area (Å²) in [4.78, 5) is 1.14. The second-order valence-corrected chi connectivity index (χ2v) is 5.47. The third-order valence-electron chi connectivity index (χ3n) is 2.43. The number of guanidine groups is 1. The summed E-state index contributed by atoms with van der Waals surface area (Å²) in [6.07, 6.45) is 1.08. The van der Waals surface area contributed by atoms with Crippen LogP contribution in [0.5, 0.6) is 0 Å². The molecule has 5 heteroatoms. The number of benzene rings is 1. The van der Waals surface area contributed by atoms with Gasteiger partial charge in [0.2, 0.25) is 5.96 Å². The van der Waals surface area contributed by atoms with Crippen LogP contribution in [0.2, 0.25) is 0 Å². The third kappa shape index (κ3) is 2.71. The zero-order chi connectivity index (χ0) is 11.5. The van der Waals surface area contributed by atoms with E-state index in [1.165, 1.54) is 11.9 Å². The quantitative estimate of drug-likeness (QED) is 0.819. The van der Waals surface area contributed by atoms with Crippen molar-refractivity contribution in [3.8, 4) is 0 Å². The second kappa shape index (κ2) is 5.10. The maximum absolute atomic E-state index is 4.39. The van der Waals surface area contributed by atoms with Gasteiger partial charge in [0, 0.05) is 22.5 Å². The normalized spacial score (nSPS) is 15.8. The SMILES string of the molecule is CCC(C)NC1=NSc2cc(Br)ccc2N1. The number of fused-ring (bicyclic) bond motifs is 1. The van der Waals surface area contributed by atoms with Crippen LogP contribution in [0.15, 0.2) is 32.0 Å². The predicted molar refractivity (Wildman–Crippen MR) is 73.9 cm³/mol. The van der Waals surface area contributed by atoms with E-state index in [0.29, 0.717) is 6.04 Å². The molecule has 1 unspecified atom stereocenters. The molecule has 0 saturated carbocycles. The van der Waals surface area contributed by atoms with Crippen molar-refractivity contribution in [2.24, 2.45) is 4.40 Å². The van der Waals surface area contributed by atoms with E-state index in [1.807, 2.05) is 6.07 Å². The summed E-state index contributed by atoms with van der Waals surface area (Å²) >= 11 is 4.95. The first-order valence-electron chi connectivity index (χ1n) is 5.27. The molecule has 0 fully saturated rings. The van der Waals surface area contributed by atoms with E-state index < -0.39 is 0 Å². The van der Waals surface area contributed by atoms with Crippen LogP contribution < -0.4 is 10.6 Å². The molecule has 1 aliphatic heterocycles. The van der Waals surface area contributed by atoms with E-state index in [1.54, 1.807) is 0 Å². The van der Waals surface area contributed by atoms with Crippen LogP contribution in [-0.2, 0) is 0 Å². The Morgan fingerprint density at radius 2 is 2.38 bits per heavy atom. The lowest BCUT2D eigenvalue weighted by atomic mass is 10.3. The molecular weight excluding hydrogens is 286 g/mol. The molecule has 0 saturated heterocycles. The number of halogens is 1. The van der Waals surface area contributed by atoms with Crippen molar-refractivity contribution in [1.29, 1.82) is 0 Å². The number of hydrogen-bond donors (Lipinski definition) is 2. The maximum atomic E-state index is 4.39. The van der Waals surface area contributed by atoms with Crippen molar-refractivity contribution in [3.63, 3.8) is 0 Å². The molecule has 1 aromatic carbocycles. The second-order valence-electron chi connectivity index (χ2n) is 3.75. The Balaban J connectivity index is 2.09. The molecule has 0 bridgehead atoms. The van der Waals surface area contributed by atoms with Crippen molar-refractivity contribution in [3.05, 3.63) is 22.7 Å². The fraction of sp³-hybridized carbons (Fsp3) is 0.364. The summed E-state index contributed by atoms with van der Waals surface area (Å²) < 4.78 is 5.47. The molecule has 0 aliphatic carbocycles. The van der Waals surface area contributed by atoms with Gasteiger partial charge in [0.25, 0.3) is 0 Å². The van der Waals surface area contributed by atoms with Gasteiger partial charge in [-0.3, -0.25) is 0 Å². The van der Waals surface area contributed by atoms with E-state index in [9.17, 15) is 0 Å². The summed E-state index contributed by atoms with van der Waals surface area (Å²) in [5.41, 5.74) is 1.11. The van der Waals surface area contributed by atoms with Crippen molar-refractivity contribution >= 4 is 39.5 Å². The van der Waals surface area contributed by atoms with E-state index in [2.05, 4.69) is 56.9 Å². The molecule has 0 spiro atoms. The van der Waals surface area contributed by atoms with Gasteiger partial charge in [-0.15, -0.1) is 0 Å². The first kappa shape index (κ1) is 11.8. The van der Waals surface area contributed by atoms with Gasteiger partial charge in [0.15, 0.2) is 0 Å². The van der Waals surface area contributed by atoms with Crippen LogP contribution in [0.1, 0.15) is 20.3 Å². The largest absolute Gasteiger partial charge is 0.353 e. The number of nitrogens with zero attached hydrogens (tertiary/aromatic N) is 1. The minimum absolute atomic E-state index is 0.434. The summed E-state index contributed by atoms with van der Waals surface area (Å²) in [5.74, 6) is 0.842. The topological polar surface area (TPSA) is 36.4 Å². The first-order valence-corrected chi connectivity index (χ1v) is 6.84. The molecular formula is C11H14BrN3S. The first-order chi connectivity index (χ1) is 7.69. The minimum Gasteiger partial charge on any atom is -0.353 e. The van der Waals surface area contributed by atoms with Gasteiger partial charge in [-0.1, -0.05) is 22.9 Å². The van der Waals surface area contributed by atoms with Gasteiger partial charge in [-0.2, -0.15) is 4.40 Å². The van der Waals surface area contributed by atoms with Crippen LogP contribution in [0.3, 0.4) is 0 Å². The minimum atomic E-state index is 0.434. The molecule has 1 atom stereocenters. The average molecular weight is 300 g/mol. The summed E-state index contributed by atoms with van der Waals surface area (Å²) in [6, 6.07) is 6.58. The van der Waals surface area contributed by atoms with Crippen LogP contribution >= 0.6 is 27.9 Å². The average Bonchev–Trinajstić information content (AvgIpc) is 2.29. The molecule has 2 N–H and O–H groups in total. The standard InChI is InChI=1S/C11H14BrN3S/c1-3-7(2)13-11-14-9-5-4-8(12)6-10(9)16-15-11/h4-7H,3H2,1-2H3,(H2,13,14,15). The van der Waals surface area contributed by atoms with Gasteiger partial charge in [0.05, 0.1) is 10.6 Å². The van der Waals surface area contributed by atoms with Gasteiger partial charge in [-0.05, 0) is 31.5 Å².